The van der Waals surface area contributed by atoms with Crippen LogP contribution in [-0.4, -0.2) is 28.5 Å². The summed E-state index contributed by atoms with van der Waals surface area (Å²) in [6, 6.07) is 6.00. The predicted octanol–water partition coefficient (Wildman–Crippen LogP) is 1.77. The normalized spacial score (nSPS) is 9.89. The molecule has 0 aliphatic heterocycles. The Hall–Kier alpha value is -2.55. The van der Waals surface area contributed by atoms with Crippen molar-refractivity contribution in [2.75, 3.05) is 23.8 Å². The van der Waals surface area contributed by atoms with Gasteiger partial charge in [0, 0.05) is 38.6 Å². The van der Waals surface area contributed by atoms with Gasteiger partial charge in [-0.2, -0.15) is 5.26 Å². The smallest absolute Gasteiger partial charge is 0.134 e. The predicted molar refractivity (Wildman–Crippen MR) is 73.7 cm³/mol. The molecule has 0 bridgehead atoms. The number of anilines is 2. The first-order valence-corrected chi connectivity index (χ1v) is 6.05. The molecule has 2 aromatic rings. The fourth-order valence-corrected chi connectivity index (χ4v) is 1.71. The van der Waals surface area contributed by atoms with E-state index in [1.165, 1.54) is 11.9 Å². The highest BCUT2D eigenvalue weighted by atomic mass is 15.2. The van der Waals surface area contributed by atoms with Gasteiger partial charge in [0.05, 0.1) is 12.5 Å². The van der Waals surface area contributed by atoms with Gasteiger partial charge in [0.2, 0.25) is 0 Å². The van der Waals surface area contributed by atoms with Gasteiger partial charge in [-0.3, -0.25) is 0 Å². The lowest BCUT2D eigenvalue weighted by Gasteiger charge is -2.17. The lowest BCUT2D eigenvalue weighted by atomic mass is 10.3. The highest BCUT2D eigenvalue weighted by Crippen LogP contribution is 2.15. The molecule has 2 rings (SSSR count). The number of hydrogen-bond acceptors (Lipinski definition) is 5. The van der Waals surface area contributed by atoms with Crippen LogP contribution in [0.5, 0.6) is 0 Å². The van der Waals surface area contributed by atoms with Gasteiger partial charge in [0.25, 0.3) is 0 Å². The van der Waals surface area contributed by atoms with Crippen molar-refractivity contribution in [3.63, 3.8) is 0 Å². The highest BCUT2D eigenvalue weighted by molar-refractivity contribution is 5.48. The minimum atomic E-state index is 0.457. The molecule has 0 aromatic carbocycles. The maximum atomic E-state index is 8.50. The standard InChI is InChI=1S/C13H16N6/c1-19(9-11-3-6-15-8-11)13-7-12(17-10-18-13)16-5-2-4-14/h3,6-8,10,15H,2,5,9H2,1H3,(H,16,17,18). The van der Waals surface area contributed by atoms with E-state index in [4.69, 9.17) is 5.26 Å². The Morgan fingerprint density at radius 2 is 2.37 bits per heavy atom. The number of nitriles is 1. The van der Waals surface area contributed by atoms with E-state index >= 15 is 0 Å². The Morgan fingerprint density at radius 1 is 1.47 bits per heavy atom. The van der Waals surface area contributed by atoms with Crippen molar-refractivity contribution in [1.29, 1.82) is 5.26 Å². The van der Waals surface area contributed by atoms with Crippen molar-refractivity contribution in [2.45, 2.75) is 13.0 Å². The van der Waals surface area contributed by atoms with Gasteiger partial charge in [-0.05, 0) is 11.6 Å². The highest BCUT2D eigenvalue weighted by Gasteiger charge is 2.05. The number of aromatic nitrogens is 3. The Morgan fingerprint density at radius 3 is 3.11 bits per heavy atom. The first kappa shape index (κ1) is 12.9. The summed E-state index contributed by atoms with van der Waals surface area (Å²) in [7, 11) is 1.98. The molecule has 0 radical (unpaired) electrons. The molecule has 0 unspecified atom stereocenters. The molecule has 0 aliphatic rings. The second-order valence-corrected chi connectivity index (χ2v) is 4.17. The lowest BCUT2D eigenvalue weighted by Crippen LogP contribution is -2.17. The van der Waals surface area contributed by atoms with Crippen molar-refractivity contribution in [2.24, 2.45) is 0 Å². The molecule has 0 amide bonds. The van der Waals surface area contributed by atoms with Gasteiger partial charge in [-0.1, -0.05) is 0 Å². The molecular weight excluding hydrogens is 240 g/mol. The molecule has 0 saturated heterocycles. The summed E-state index contributed by atoms with van der Waals surface area (Å²) in [6.07, 6.45) is 5.85. The van der Waals surface area contributed by atoms with E-state index in [1.54, 1.807) is 0 Å². The summed E-state index contributed by atoms with van der Waals surface area (Å²) in [5, 5.41) is 11.6. The average molecular weight is 256 g/mol. The molecule has 0 spiro atoms. The first-order chi connectivity index (χ1) is 9.29. The van der Waals surface area contributed by atoms with Gasteiger partial charge in [0.15, 0.2) is 0 Å². The molecule has 98 valence electrons. The molecule has 2 aromatic heterocycles. The van der Waals surface area contributed by atoms with Gasteiger partial charge >= 0.3 is 0 Å². The van der Waals surface area contributed by atoms with Gasteiger partial charge < -0.3 is 15.2 Å². The van der Waals surface area contributed by atoms with Gasteiger partial charge in [-0.25, -0.2) is 9.97 Å². The minimum Gasteiger partial charge on any atom is -0.369 e. The summed E-state index contributed by atoms with van der Waals surface area (Å²) >= 11 is 0. The topological polar surface area (TPSA) is 80.6 Å². The molecule has 0 atom stereocenters. The molecule has 0 saturated carbocycles. The minimum absolute atomic E-state index is 0.457. The molecule has 2 N–H and O–H groups in total. The van der Waals surface area contributed by atoms with Crippen molar-refractivity contribution < 1.29 is 0 Å². The maximum Gasteiger partial charge on any atom is 0.134 e. The Kier molecular flexibility index (Phi) is 4.34. The van der Waals surface area contributed by atoms with E-state index in [-0.39, 0.29) is 0 Å². The number of hydrogen-bond donors (Lipinski definition) is 2. The Labute approximate surface area is 112 Å². The largest absolute Gasteiger partial charge is 0.369 e. The third kappa shape index (κ3) is 3.71. The number of nitrogens with one attached hydrogen (secondary N) is 2. The van der Waals surface area contributed by atoms with E-state index in [0.29, 0.717) is 13.0 Å². The van der Waals surface area contributed by atoms with Crippen LogP contribution in [0.15, 0.2) is 30.9 Å². The molecule has 6 heteroatoms. The van der Waals surface area contributed by atoms with Crippen LogP contribution in [-0.2, 0) is 6.54 Å². The molecule has 2 heterocycles. The van der Waals surface area contributed by atoms with Crippen LogP contribution in [0.2, 0.25) is 0 Å². The number of rotatable bonds is 6. The number of aromatic amines is 1. The van der Waals surface area contributed by atoms with Crippen molar-refractivity contribution >= 4 is 11.6 Å². The van der Waals surface area contributed by atoms with E-state index in [9.17, 15) is 0 Å². The molecule has 19 heavy (non-hydrogen) atoms. The molecule has 0 fully saturated rings. The van der Waals surface area contributed by atoms with E-state index in [0.717, 1.165) is 18.2 Å². The van der Waals surface area contributed by atoms with E-state index in [2.05, 4.69) is 26.3 Å². The van der Waals surface area contributed by atoms with Crippen LogP contribution in [0.3, 0.4) is 0 Å². The van der Waals surface area contributed by atoms with Gasteiger partial charge in [-0.15, -0.1) is 0 Å². The lowest BCUT2D eigenvalue weighted by molar-refractivity contribution is 0.891. The zero-order valence-electron chi connectivity index (χ0n) is 10.8. The SMILES string of the molecule is CN(Cc1cc[nH]c1)c1cc(NCCC#N)ncn1. The zero-order chi connectivity index (χ0) is 13.5. The van der Waals surface area contributed by atoms with Gasteiger partial charge in [0.1, 0.15) is 18.0 Å². The maximum absolute atomic E-state index is 8.50. The second-order valence-electron chi connectivity index (χ2n) is 4.17. The average Bonchev–Trinajstić information content (AvgIpc) is 2.92. The number of H-pyrrole nitrogens is 1. The van der Waals surface area contributed by atoms with Crippen molar-refractivity contribution in [1.82, 2.24) is 15.0 Å². The first-order valence-electron chi connectivity index (χ1n) is 6.05. The molecule has 6 nitrogen and oxygen atoms in total. The summed E-state index contributed by atoms with van der Waals surface area (Å²) < 4.78 is 0. The van der Waals surface area contributed by atoms with Crippen LogP contribution in [0.1, 0.15) is 12.0 Å². The monoisotopic (exact) mass is 256 g/mol. The third-order valence-corrected chi connectivity index (χ3v) is 2.67. The summed E-state index contributed by atoms with van der Waals surface area (Å²) in [5.41, 5.74) is 1.19. The quantitative estimate of drug-likeness (QED) is 0.770. The summed E-state index contributed by atoms with van der Waals surface area (Å²) in [4.78, 5) is 13.4. The second kappa shape index (κ2) is 6.40. The van der Waals surface area contributed by atoms with Crippen LogP contribution < -0.4 is 10.2 Å². The Balaban J connectivity index is 1.99. The fourth-order valence-electron chi connectivity index (χ4n) is 1.71. The molecule has 0 aliphatic carbocycles. The van der Waals surface area contributed by atoms with Crippen LogP contribution in [0.4, 0.5) is 11.6 Å². The zero-order valence-corrected chi connectivity index (χ0v) is 10.8. The summed E-state index contributed by atoms with van der Waals surface area (Å²) in [6.45, 7) is 1.37. The van der Waals surface area contributed by atoms with Crippen molar-refractivity contribution in [3.8, 4) is 6.07 Å². The van der Waals surface area contributed by atoms with Crippen LogP contribution in [0, 0.1) is 11.3 Å². The number of nitrogens with zero attached hydrogens (tertiary/aromatic N) is 4. The van der Waals surface area contributed by atoms with E-state index < -0.39 is 0 Å². The van der Waals surface area contributed by atoms with Crippen LogP contribution >= 0.6 is 0 Å². The molecular formula is C13H16N6. The summed E-state index contributed by atoms with van der Waals surface area (Å²) in [5.74, 6) is 1.58. The van der Waals surface area contributed by atoms with Crippen LogP contribution in [0.25, 0.3) is 0 Å². The van der Waals surface area contributed by atoms with Crippen molar-refractivity contribution in [3.05, 3.63) is 36.4 Å². The fraction of sp³-hybridized carbons (Fsp3) is 0.308. The Bertz CT molecular complexity index is 543. The van der Waals surface area contributed by atoms with E-state index in [1.807, 2.05) is 36.5 Å². The third-order valence-electron chi connectivity index (χ3n) is 2.67.